The van der Waals surface area contributed by atoms with E-state index in [1.54, 1.807) is 19.0 Å². The van der Waals surface area contributed by atoms with Gasteiger partial charge in [0, 0.05) is 38.6 Å². The highest BCUT2D eigenvalue weighted by Gasteiger charge is 2.20. The van der Waals surface area contributed by atoms with Crippen LogP contribution in [0.3, 0.4) is 0 Å². The van der Waals surface area contributed by atoms with Crippen molar-refractivity contribution in [1.29, 1.82) is 0 Å². The van der Waals surface area contributed by atoms with Gasteiger partial charge in [-0.15, -0.1) is 0 Å². The Morgan fingerprint density at radius 2 is 1.58 bits per heavy atom. The normalized spacial score (nSPS) is 10.7. The Kier molecular flexibility index (Phi) is 5.23. The average molecular weight is 265 g/mol. The van der Waals surface area contributed by atoms with Crippen molar-refractivity contribution >= 4 is 12.0 Å². The van der Waals surface area contributed by atoms with Crippen molar-refractivity contribution in [3.63, 3.8) is 0 Å². The topological polar surface area (TPSA) is 52.6 Å². The number of anilines is 1. The van der Waals surface area contributed by atoms with Crippen molar-refractivity contribution in [2.45, 2.75) is 13.8 Å². The second kappa shape index (κ2) is 6.47. The highest BCUT2D eigenvalue weighted by Crippen LogP contribution is 2.11. The molecule has 0 saturated carbocycles. The number of nitrogens with zero attached hydrogens (tertiary/aromatic N) is 5. The predicted molar refractivity (Wildman–Crippen MR) is 76.5 cm³/mol. The fourth-order valence-corrected chi connectivity index (χ4v) is 1.65. The molecule has 1 aromatic heterocycles. The number of hydrogen-bond donors (Lipinski definition) is 0. The first-order valence-electron chi connectivity index (χ1n) is 6.27. The molecule has 106 valence electrons. The van der Waals surface area contributed by atoms with E-state index in [4.69, 9.17) is 0 Å². The maximum atomic E-state index is 12.2. The SMILES string of the molecule is Cc1cc(C)nc(N(CCN(C)C)C(=O)N(C)C)n1. The summed E-state index contributed by atoms with van der Waals surface area (Å²) in [5.74, 6) is 0.470. The first-order chi connectivity index (χ1) is 8.81. The molecule has 0 atom stereocenters. The smallest absolute Gasteiger partial charge is 0.326 e. The minimum atomic E-state index is -0.105. The molecule has 2 amide bonds. The average Bonchev–Trinajstić information content (AvgIpc) is 2.27. The maximum Gasteiger partial charge on any atom is 0.326 e. The molecule has 0 aliphatic heterocycles. The summed E-state index contributed by atoms with van der Waals surface area (Å²) in [5, 5.41) is 0. The molecule has 1 heterocycles. The van der Waals surface area contributed by atoms with E-state index >= 15 is 0 Å². The minimum absolute atomic E-state index is 0.105. The summed E-state index contributed by atoms with van der Waals surface area (Å²) in [6, 6.07) is 1.79. The molecule has 1 aromatic rings. The predicted octanol–water partition coefficient (Wildman–Crippen LogP) is 1.14. The Hall–Kier alpha value is -1.69. The Morgan fingerprint density at radius 1 is 1.05 bits per heavy atom. The molecule has 6 nitrogen and oxygen atoms in total. The van der Waals surface area contributed by atoms with E-state index in [0.29, 0.717) is 12.5 Å². The molecule has 0 saturated heterocycles. The molecule has 19 heavy (non-hydrogen) atoms. The van der Waals surface area contributed by atoms with E-state index in [-0.39, 0.29) is 6.03 Å². The highest BCUT2D eigenvalue weighted by atomic mass is 16.2. The third kappa shape index (κ3) is 4.48. The number of carbonyl (C=O) groups excluding carboxylic acids is 1. The standard InChI is InChI=1S/C13H23N5O/c1-10-9-11(2)15-12(14-10)18(8-7-16(3)4)13(19)17(5)6/h9H,7-8H2,1-6H3. The van der Waals surface area contributed by atoms with Crippen LogP contribution in [0.2, 0.25) is 0 Å². The summed E-state index contributed by atoms with van der Waals surface area (Å²) in [7, 11) is 7.41. The van der Waals surface area contributed by atoms with Crippen molar-refractivity contribution < 1.29 is 4.79 Å². The Balaban J connectivity index is 3.03. The number of urea groups is 1. The van der Waals surface area contributed by atoms with Gasteiger partial charge in [0.2, 0.25) is 5.95 Å². The second-order valence-corrected chi connectivity index (χ2v) is 5.08. The summed E-state index contributed by atoms with van der Waals surface area (Å²) >= 11 is 0. The molecule has 0 radical (unpaired) electrons. The fraction of sp³-hybridized carbons (Fsp3) is 0.615. The van der Waals surface area contributed by atoms with Crippen LogP contribution >= 0.6 is 0 Å². The monoisotopic (exact) mass is 265 g/mol. The second-order valence-electron chi connectivity index (χ2n) is 5.08. The molecule has 0 N–H and O–H groups in total. The van der Waals surface area contributed by atoms with Gasteiger partial charge in [-0.2, -0.15) is 0 Å². The van der Waals surface area contributed by atoms with E-state index in [1.165, 1.54) is 4.90 Å². The molecule has 6 heteroatoms. The van der Waals surface area contributed by atoms with Gasteiger partial charge < -0.3 is 9.80 Å². The Labute approximate surface area is 115 Å². The summed E-state index contributed by atoms with van der Waals surface area (Å²) in [6.45, 7) is 5.13. The van der Waals surface area contributed by atoms with Crippen molar-refractivity contribution in [2.75, 3.05) is 46.2 Å². The summed E-state index contributed by atoms with van der Waals surface area (Å²) < 4.78 is 0. The highest BCUT2D eigenvalue weighted by molar-refractivity contribution is 5.89. The zero-order chi connectivity index (χ0) is 14.6. The largest absolute Gasteiger partial charge is 0.330 e. The lowest BCUT2D eigenvalue weighted by Crippen LogP contribution is -2.43. The summed E-state index contributed by atoms with van der Waals surface area (Å²) in [4.78, 5) is 26.1. The molecule has 0 unspecified atom stereocenters. The van der Waals surface area contributed by atoms with E-state index in [1.807, 2.05) is 38.9 Å². The molecular formula is C13H23N5O. The zero-order valence-electron chi connectivity index (χ0n) is 12.6. The first kappa shape index (κ1) is 15.4. The van der Waals surface area contributed by atoms with Crippen LogP contribution < -0.4 is 4.90 Å². The van der Waals surface area contributed by atoms with Crippen LogP contribution in [0.5, 0.6) is 0 Å². The summed E-state index contributed by atoms with van der Waals surface area (Å²) in [6.07, 6.45) is 0. The number of hydrogen-bond acceptors (Lipinski definition) is 4. The van der Waals surface area contributed by atoms with E-state index in [2.05, 4.69) is 9.97 Å². The van der Waals surface area contributed by atoms with E-state index in [0.717, 1.165) is 17.9 Å². The third-order valence-electron chi connectivity index (χ3n) is 2.60. The third-order valence-corrected chi connectivity index (χ3v) is 2.60. The lowest BCUT2D eigenvalue weighted by atomic mass is 10.3. The van der Waals surface area contributed by atoms with Gasteiger partial charge in [-0.3, -0.25) is 4.90 Å². The molecule has 0 fully saturated rings. The van der Waals surface area contributed by atoms with Gasteiger partial charge in [-0.25, -0.2) is 14.8 Å². The lowest BCUT2D eigenvalue weighted by molar-refractivity contribution is 0.222. The van der Waals surface area contributed by atoms with Gasteiger partial charge in [0.25, 0.3) is 0 Å². The van der Waals surface area contributed by atoms with Gasteiger partial charge in [-0.05, 0) is 34.0 Å². The number of amides is 2. The molecule has 0 spiro atoms. The van der Waals surface area contributed by atoms with Crippen LogP contribution in [0, 0.1) is 13.8 Å². The van der Waals surface area contributed by atoms with Crippen LogP contribution in [-0.4, -0.2) is 67.1 Å². The van der Waals surface area contributed by atoms with Crippen LogP contribution in [0.15, 0.2) is 6.07 Å². The fourth-order valence-electron chi connectivity index (χ4n) is 1.65. The van der Waals surface area contributed by atoms with Crippen LogP contribution in [0.4, 0.5) is 10.7 Å². The van der Waals surface area contributed by atoms with Crippen molar-refractivity contribution in [3.05, 3.63) is 17.5 Å². The van der Waals surface area contributed by atoms with Gasteiger partial charge in [0.15, 0.2) is 0 Å². The first-order valence-corrected chi connectivity index (χ1v) is 6.27. The number of aromatic nitrogens is 2. The molecular weight excluding hydrogens is 242 g/mol. The Bertz CT molecular complexity index is 424. The van der Waals surface area contributed by atoms with E-state index < -0.39 is 0 Å². The van der Waals surface area contributed by atoms with Crippen LogP contribution in [0.1, 0.15) is 11.4 Å². The number of likely N-dealkylation sites (N-methyl/N-ethyl adjacent to an activating group) is 1. The quantitative estimate of drug-likeness (QED) is 0.819. The van der Waals surface area contributed by atoms with Crippen LogP contribution in [0.25, 0.3) is 0 Å². The molecule has 0 aliphatic carbocycles. The minimum Gasteiger partial charge on any atom is -0.330 e. The van der Waals surface area contributed by atoms with Gasteiger partial charge >= 0.3 is 6.03 Å². The lowest BCUT2D eigenvalue weighted by Gasteiger charge is -2.26. The van der Waals surface area contributed by atoms with Crippen molar-refractivity contribution in [2.24, 2.45) is 0 Å². The number of carbonyl (C=O) groups is 1. The van der Waals surface area contributed by atoms with Crippen molar-refractivity contribution in [3.8, 4) is 0 Å². The van der Waals surface area contributed by atoms with Crippen molar-refractivity contribution in [1.82, 2.24) is 19.8 Å². The summed E-state index contributed by atoms with van der Waals surface area (Å²) in [5.41, 5.74) is 1.73. The molecule has 1 rings (SSSR count). The number of aryl methyl sites for hydroxylation is 2. The van der Waals surface area contributed by atoms with E-state index in [9.17, 15) is 4.79 Å². The van der Waals surface area contributed by atoms with Gasteiger partial charge in [-0.1, -0.05) is 0 Å². The van der Waals surface area contributed by atoms with Gasteiger partial charge in [0.05, 0.1) is 0 Å². The zero-order valence-corrected chi connectivity index (χ0v) is 12.6. The molecule has 0 bridgehead atoms. The molecule has 0 aromatic carbocycles. The van der Waals surface area contributed by atoms with Crippen LogP contribution in [-0.2, 0) is 0 Å². The number of rotatable bonds is 4. The molecule has 0 aliphatic rings. The maximum absolute atomic E-state index is 12.2. The van der Waals surface area contributed by atoms with Gasteiger partial charge in [0.1, 0.15) is 0 Å². The Morgan fingerprint density at radius 3 is 2.00 bits per heavy atom.